The molecule has 3 atom stereocenters. The van der Waals surface area contributed by atoms with E-state index in [1.807, 2.05) is 31.2 Å². The van der Waals surface area contributed by atoms with E-state index in [4.69, 9.17) is 16.3 Å². The molecule has 0 aliphatic heterocycles. The number of halogens is 1. The summed E-state index contributed by atoms with van der Waals surface area (Å²) in [6.07, 6.45) is 4.21. The van der Waals surface area contributed by atoms with E-state index in [-0.39, 0.29) is 0 Å². The molecule has 25 heavy (non-hydrogen) atoms. The maximum Gasteiger partial charge on any atom is 0.191 e. The number of ether oxygens (including phenoxy) is 1. The minimum absolute atomic E-state index is 0.304. The van der Waals surface area contributed by atoms with Crippen molar-refractivity contribution in [1.29, 1.82) is 0 Å². The second kappa shape index (κ2) is 10.7. The predicted molar refractivity (Wildman–Crippen MR) is 106 cm³/mol. The highest BCUT2D eigenvalue weighted by Gasteiger charge is 2.25. The van der Waals surface area contributed by atoms with Crippen LogP contribution in [0.4, 0.5) is 0 Å². The van der Waals surface area contributed by atoms with E-state index in [0.29, 0.717) is 35.2 Å². The molecular formula is C18H28ClN3O2S. The summed E-state index contributed by atoms with van der Waals surface area (Å²) in [6, 6.07) is 7.76. The van der Waals surface area contributed by atoms with E-state index in [9.17, 15) is 4.21 Å². The van der Waals surface area contributed by atoms with Crippen LogP contribution in [0.15, 0.2) is 29.3 Å². The van der Waals surface area contributed by atoms with Crippen LogP contribution in [-0.2, 0) is 10.8 Å². The first-order chi connectivity index (χ1) is 12.1. The Morgan fingerprint density at radius 3 is 2.92 bits per heavy atom. The Hall–Kier alpha value is -1.27. The lowest BCUT2D eigenvalue weighted by atomic mass is 9.95. The number of rotatable bonds is 7. The van der Waals surface area contributed by atoms with Crippen LogP contribution in [0.1, 0.15) is 32.6 Å². The zero-order chi connectivity index (χ0) is 18.1. The quantitative estimate of drug-likeness (QED) is 0.430. The van der Waals surface area contributed by atoms with Crippen LogP contribution in [0.25, 0.3) is 0 Å². The molecular weight excluding hydrogens is 358 g/mol. The number of aliphatic imine (C=N–C) groups is 1. The van der Waals surface area contributed by atoms with E-state index in [2.05, 4.69) is 15.6 Å². The zero-order valence-corrected chi connectivity index (χ0v) is 16.5. The zero-order valence-electron chi connectivity index (χ0n) is 15.0. The SMILES string of the molecule is CCS(=O)C1CCCC(NC(=NC)NCCOc2ccccc2Cl)C1. The fraction of sp³-hybridized carbons (Fsp3) is 0.611. The van der Waals surface area contributed by atoms with Crippen molar-refractivity contribution in [2.45, 2.75) is 43.9 Å². The van der Waals surface area contributed by atoms with Gasteiger partial charge in [0.2, 0.25) is 0 Å². The number of para-hydroxylation sites is 1. The Bertz CT molecular complexity index is 597. The van der Waals surface area contributed by atoms with Crippen molar-refractivity contribution in [2.24, 2.45) is 4.99 Å². The molecule has 1 aromatic carbocycles. The van der Waals surface area contributed by atoms with Gasteiger partial charge in [0.15, 0.2) is 5.96 Å². The van der Waals surface area contributed by atoms with Crippen molar-refractivity contribution < 1.29 is 8.95 Å². The summed E-state index contributed by atoms with van der Waals surface area (Å²) in [4.78, 5) is 4.27. The van der Waals surface area contributed by atoms with Crippen LogP contribution in [0.5, 0.6) is 5.75 Å². The lowest BCUT2D eigenvalue weighted by Crippen LogP contribution is -2.47. The summed E-state index contributed by atoms with van der Waals surface area (Å²) in [7, 11) is 1.04. The summed E-state index contributed by atoms with van der Waals surface area (Å²) in [5.74, 6) is 2.19. The fourth-order valence-electron chi connectivity index (χ4n) is 3.03. The Kier molecular flexibility index (Phi) is 8.55. The summed E-state index contributed by atoms with van der Waals surface area (Å²) < 4.78 is 17.7. The van der Waals surface area contributed by atoms with Gasteiger partial charge in [0.05, 0.1) is 11.6 Å². The second-order valence-corrected chi connectivity index (χ2v) is 8.49. The molecule has 3 unspecified atom stereocenters. The van der Waals surface area contributed by atoms with Gasteiger partial charge in [-0.2, -0.15) is 0 Å². The largest absolute Gasteiger partial charge is 0.490 e. The molecule has 0 heterocycles. The Balaban J connectivity index is 1.73. The van der Waals surface area contributed by atoms with Crippen LogP contribution in [0.2, 0.25) is 5.02 Å². The molecule has 1 aromatic rings. The third kappa shape index (κ3) is 6.51. The number of guanidine groups is 1. The molecule has 5 nitrogen and oxygen atoms in total. The standard InChI is InChI=1S/C18H28ClN3O2S/c1-3-25(23)15-8-6-7-14(13-15)22-18(20-2)21-11-12-24-17-10-5-4-9-16(17)19/h4-5,9-10,14-15H,3,6-8,11-13H2,1-2H3,(H2,20,21,22). The fourth-order valence-corrected chi connectivity index (χ4v) is 4.57. The van der Waals surface area contributed by atoms with Crippen molar-refractivity contribution in [2.75, 3.05) is 26.0 Å². The average Bonchev–Trinajstić information content (AvgIpc) is 2.65. The van der Waals surface area contributed by atoms with Crippen LogP contribution >= 0.6 is 11.6 Å². The molecule has 1 fully saturated rings. The van der Waals surface area contributed by atoms with E-state index >= 15 is 0 Å². The number of nitrogens with one attached hydrogen (secondary N) is 2. The normalized spacial score (nSPS) is 22.3. The van der Waals surface area contributed by atoms with Gasteiger partial charge in [-0.05, 0) is 31.4 Å². The molecule has 0 aromatic heterocycles. The van der Waals surface area contributed by atoms with Gasteiger partial charge in [-0.1, -0.05) is 37.1 Å². The minimum Gasteiger partial charge on any atom is -0.490 e. The van der Waals surface area contributed by atoms with E-state index < -0.39 is 10.8 Å². The third-order valence-electron chi connectivity index (χ3n) is 4.34. The van der Waals surface area contributed by atoms with Crippen molar-refractivity contribution in [3.8, 4) is 5.75 Å². The minimum atomic E-state index is -0.714. The van der Waals surface area contributed by atoms with Crippen molar-refractivity contribution >= 4 is 28.4 Å². The number of hydrogen-bond donors (Lipinski definition) is 2. The van der Waals surface area contributed by atoms with Crippen LogP contribution < -0.4 is 15.4 Å². The maximum absolute atomic E-state index is 12.1. The van der Waals surface area contributed by atoms with E-state index in [1.165, 1.54) is 0 Å². The third-order valence-corrected chi connectivity index (χ3v) is 6.39. The lowest BCUT2D eigenvalue weighted by molar-refractivity contribution is 0.321. The van der Waals surface area contributed by atoms with Crippen molar-refractivity contribution in [3.63, 3.8) is 0 Å². The molecule has 2 rings (SSSR count). The van der Waals surface area contributed by atoms with E-state index in [1.54, 1.807) is 7.05 Å². The van der Waals surface area contributed by atoms with Gasteiger partial charge in [-0.25, -0.2) is 0 Å². The van der Waals surface area contributed by atoms with Gasteiger partial charge in [0.1, 0.15) is 12.4 Å². The highest BCUT2D eigenvalue weighted by Crippen LogP contribution is 2.23. The smallest absolute Gasteiger partial charge is 0.191 e. The Labute approximate surface area is 158 Å². The number of benzene rings is 1. The molecule has 1 aliphatic rings. The van der Waals surface area contributed by atoms with Crippen molar-refractivity contribution in [3.05, 3.63) is 29.3 Å². The predicted octanol–water partition coefficient (Wildman–Crippen LogP) is 2.96. The Morgan fingerprint density at radius 2 is 2.20 bits per heavy atom. The first-order valence-electron chi connectivity index (χ1n) is 8.85. The summed E-state index contributed by atoms with van der Waals surface area (Å²) in [5, 5.41) is 7.62. The van der Waals surface area contributed by atoms with Gasteiger partial charge < -0.3 is 15.4 Å². The van der Waals surface area contributed by atoms with Gasteiger partial charge in [0.25, 0.3) is 0 Å². The molecule has 1 aliphatic carbocycles. The first kappa shape index (κ1) is 20.0. The van der Waals surface area contributed by atoms with Gasteiger partial charge in [-0.15, -0.1) is 0 Å². The van der Waals surface area contributed by atoms with Crippen molar-refractivity contribution in [1.82, 2.24) is 10.6 Å². The monoisotopic (exact) mass is 385 g/mol. The highest BCUT2D eigenvalue weighted by atomic mass is 35.5. The molecule has 7 heteroatoms. The van der Waals surface area contributed by atoms with Gasteiger partial charge >= 0.3 is 0 Å². The molecule has 2 N–H and O–H groups in total. The Morgan fingerprint density at radius 1 is 1.40 bits per heavy atom. The average molecular weight is 386 g/mol. The maximum atomic E-state index is 12.1. The van der Waals surface area contributed by atoms with E-state index in [0.717, 1.165) is 37.4 Å². The van der Waals surface area contributed by atoms with Gasteiger partial charge in [0, 0.05) is 34.9 Å². The van der Waals surface area contributed by atoms with Crippen LogP contribution in [-0.4, -0.2) is 47.4 Å². The molecule has 140 valence electrons. The highest BCUT2D eigenvalue weighted by molar-refractivity contribution is 7.85. The molecule has 0 bridgehead atoms. The molecule has 0 amide bonds. The molecule has 0 saturated heterocycles. The summed E-state index contributed by atoms with van der Waals surface area (Å²) in [6.45, 7) is 3.12. The topological polar surface area (TPSA) is 62.7 Å². The van der Waals surface area contributed by atoms with Crippen LogP contribution in [0.3, 0.4) is 0 Å². The lowest BCUT2D eigenvalue weighted by Gasteiger charge is -2.30. The summed E-state index contributed by atoms with van der Waals surface area (Å²) in [5.41, 5.74) is 0. The number of hydrogen-bond acceptors (Lipinski definition) is 3. The van der Waals surface area contributed by atoms with Crippen LogP contribution in [0, 0.1) is 0 Å². The number of nitrogens with zero attached hydrogens (tertiary/aromatic N) is 1. The first-order valence-corrected chi connectivity index (χ1v) is 10.6. The summed E-state index contributed by atoms with van der Waals surface area (Å²) >= 11 is 6.07. The molecule has 0 radical (unpaired) electrons. The molecule has 0 spiro atoms. The molecule has 1 saturated carbocycles. The van der Waals surface area contributed by atoms with Gasteiger partial charge in [-0.3, -0.25) is 9.20 Å². The second-order valence-electron chi connectivity index (χ2n) is 6.08.